The van der Waals surface area contributed by atoms with E-state index in [1.54, 1.807) is 18.5 Å². The van der Waals surface area contributed by atoms with Crippen molar-refractivity contribution in [3.05, 3.63) is 36.3 Å². The molecule has 2 aromatic heterocycles. The number of hydrogen-bond acceptors (Lipinski definition) is 6. The van der Waals surface area contributed by atoms with Crippen molar-refractivity contribution in [2.45, 2.75) is 12.5 Å². The summed E-state index contributed by atoms with van der Waals surface area (Å²) in [5.74, 6) is 0.524. The normalized spacial score (nSPS) is 20.3. The second-order valence-electron chi connectivity index (χ2n) is 6.30. The maximum absolute atomic E-state index is 12.7. The van der Waals surface area contributed by atoms with Gasteiger partial charge in [-0.2, -0.15) is 0 Å². The molecule has 0 aromatic carbocycles. The molecule has 2 aliphatic rings. The number of aromatic nitrogens is 2. The summed E-state index contributed by atoms with van der Waals surface area (Å²) in [6, 6.07) is 5.88. The Hall–Kier alpha value is -1.67. The fourth-order valence-electron chi connectivity index (χ4n) is 3.45. The van der Waals surface area contributed by atoms with E-state index in [-0.39, 0.29) is 30.7 Å². The first kappa shape index (κ1) is 20.6. The van der Waals surface area contributed by atoms with Gasteiger partial charge in [0.15, 0.2) is 11.5 Å². The number of piperazine rings is 1. The summed E-state index contributed by atoms with van der Waals surface area (Å²) in [4.78, 5) is 21.1. The first-order valence-corrected chi connectivity index (χ1v) is 8.42. The molecule has 2 aliphatic heterocycles. The van der Waals surface area contributed by atoms with E-state index in [9.17, 15) is 4.79 Å². The number of hydrogen-bond donors (Lipinski definition) is 1. The molecule has 1 amide bonds. The van der Waals surface area contributed by atoms with Gasteiger partial charge in [-0.1, -0.05) is 5.16 Å². The van der Waals surface area contributed by atoms with E-state index in [4.69, 9.17) is 4.52 Å². The van der Waals surface area contributed by atoms with Crippen molar-refractivity contribution in [3.8, 4) is 11.3 Å². The van der Waals surface area contributed by atoms with Crippen LogP contribution in [0.3, 0.4) is 0 Å². The maximum Gasteiger partial charge on any atom is 0.276 e. The van der Waals surface area contributed by atoms with E-state index in [2.05, 4.69) is 20.4 Å². The van der Waals surface area contributed by atoms with Crippen molar-refractivity contribution in [3.63, 3.8) is 0 Å². The van der Waals surface area contributed by atoms with Gasteiger partial charge in [0.2, 0.25) is 0 Å². The van der Waals surface area contributed by atoms with E-state index < -0.39 is 0 Å². The zero-order chi connectivity index (χ0) is 16.4. The topological polar surface area (TPSA) is 74.5 Å². The number of amides is 1. The first-order chi connectivity index (χ1) is 11.8. The van der Waals surface area contributed by atoms with E-state index in [1.165, 1.54) is 0 Å². The van der Waals surface area contributed by atoms with Crippen LogP contribution in [0.2, 0.25) is 0 Å². The summed E-state index contributed by atoms with van der Waals surface area (Å²) in [6.45, 7) is 5.73. The summed E-state index contributed by atoms with van der Waals surface area (Å²) < 4.78 is 5.32. The Kier molecular flexibility index (Phi) is 7.40. The van der Waals surface area contributed by atoms with Crippen LogP contribution in [0.5, 0.6) is 0 Å². The van der Waals surface area contributed by atoms with Crippen LogP contribution < -0.4 is 5.32 Å². The van der Waals surface area contributed by atoms with Crippen LogP contribution in [0.4, 0.5) is 0 Å². The van der Waals surface area contributed by atoms with Gasteiger partial charge in [-0.3, -0.25) is 14.7 Å². The number of rotatable bonds is 3. The van der Waals surface area contributed by atoms with Crippen LogP contribution in [0.1, 0.15) is 16.9 Å². The van der Waals surface area contributed by atoms with E-state index in [0.717, 1.165) is 51.3 Å². The maximum atomic E-state index is 12.7. The molecule has 1 N–H and O–H groups in total. The quantitative estimate of drug-likeness (QED) is 0.846. The Morgan fingerprint density at radius 1 is 1.23 bits per heavy atom. The predicted molar refractivity (Wildman–Crippen MR) is 103 cm³/mol. The number of halogens is 2. The van der Waals surface area contributed by atoms with Crippen LogP contribution in [0, 0.1) is 0 Å². The number of carbonyl (C=O) groups excluding carboxylic acids is 1. The Morgan fingerprint density at radius 2 is 2.04 bits per heavy atom. The molecule has 2 saturated heterocycles. The summed E-state index contributed by atoms with van der Waals surface area (Å²) in [6.07, 6.45) is 4.43. The predicted octanol–water partition coefficient (Wildman–Crippen LogP) is 1.70. The number of carbonyl (C=O) groups is 1. The second kappa shape index (κ2) is 9.32. The lowest BCUT2D eigenvalue weighted by Gasteiger charge is -2.32. The minimum atomic E-state index is -0.0495. The van der Waals surface area contributed by atoms with Crippen molar-refractivity contribution < 1.29 is 9.32 Å². The van der Waals surface area contributed by atoms with Gasteiger partial charge >= 0.3 is 0 Å². The lowest BCUT2D eigenvalue weighted by molar-refractivity contribution is 0.0763. The zero-order valence-corrected chi connectivity index (χ0v) is 16.0. The molecule has 0 bridgehead atoms. The molecular weight excluding hydrogens is 377 g/mol. The van der Waals surface area contributed by atoms with E-state index in [0.29, 0.717) is 17.5 Å². The number of likely N-dealkylation sites (tertiary alicyclic amines) is 1. The lowest BCUT2D eigenvalue weighted by atomic mass is 10.2. The molecule has 0 radical (unpaired) electrons. The third kappa shape index (κ3) is 4.35. The van der Waals surface area contributed by atoms with Crippen LogP contribution in [-0.2, 0) is 0 Å². The average molecular weight is 400 g/mol. The van der Waals surface area contributed by atoms with Gasteiger partial charge in [-0.25, -0.2) is 0 Å². The monoisotopic (exact) mass is 399 g/mol. The summed E-state index contributed by atoms with van der Waals surface area (Å²) in [5.41, 5.74) is 1.19. The van der Waals surface area contributed by atoms with Crippen molar-refractivity contribution in [2.24, 2.45) is 0 Å². The Bertz CT molecular complexity index is 706. The smallest absolute Gasteiger partial charge is 0.276 e. The van der Waals surface area contributed by atoms with Crippen LogP contribution in [-0.4, -0.2) is 71.2 Å². The molecule has 2 aromatic rings. The highest BCUT2D eigenvalue weighted by atomic mass is 35.5. The van der Waals surface area contributed by atoms with Crippen molar-refractivity contribution in [2.75, 3.05) is 39.3 Å². The molecule has 0 saturated carbocycles. The lowest BCUT2D eigenvalue weighted by Crippen LogP contribution is -2.49. The molecule has 1 atom stereocenters. The fourth-order valence-corrected chi connectivity index (χ4v) is 3.45. The van der Waals surface area contributed by atoms with Gasteiger partial charge in [-0.05, 0) is 18.6 Å². The first-order valence-electron chi connectivity index (χ1n) is 8.42. The van der Waals surface area contributed by atoms with Crippen molar-refractivity contribution in [1.82, 2.24) is 25.3 Å². The zero-order valence-electron chi connectivity index (χ0n) is 14.3. The largest absolute Gasteiger partial charge is 0.355 e. The van der Waals surface area contributed by atoms with Gasteiger partial charge in [0.25, 0.3) is 5.91 Å². The van der Waals surface area contributed by atoms with E-state index in [1.807, 2.05) is 17.0 Å². The van der Waals surface area contributed by atoms with Crippen LogP contribution >= 0.6 is 24.8 Å². The number of nitrogens with zero attached hydrogens (tertiary/aromatic N) is 4. The van der Waals surface area contributed by atoms with Gasteiger partial charge in [-0.15, -0.1) is 24.8 Å². The molecule has 26 heavy (non-hydrogen) atoms. The molecular formula is C17H23Cl2N5O2. The van der Waals surface area contributed by atoms with Crippen LogP contribution in [0.15, 0.2) is 35.1 Å². The summed E-state index contributed by atoms with van der Waals surface area (Å²) in [5, 5.41) is 7.32. The molecule has 0 spiro atoms. The summed E-state index contributed by atoms with van der Waals surface area (Å²) in [7, 11) is 0. The highest BCUT2D eigenvalue weighted by Crippen LogP contribution is 2.22. The molecule has 142 valence electrons. The average Bonchev–Trinajstić information content (AvgIpc) is 3.33. The molecule has 1 unspecified atom stereocenters. The van der Waals surface area contributed by atoms with Crippen molar-refractivity contribution in [1.29, 1.82) is 0 Å². The fraction of sp³-hybridized carbons (Fsp3) is 0.471. The number of nitrogens with one attached hydrogen (secondary N) is 1. The highest BCUT2D eigenvalue weighted by Gasteiger charge is 2.32. The van der Waals surface area contributed by atoms with Gasteiger partial charge in [0, 0.05) is 69.3 Å². The van der Waals surface area contributed by atoms with Crippen molar-refractivity contribution >= 4 is 30.7 Å². The minimum absolute atomic E-state index is 0. The molecule has 4 heterocycles. The van der Waals surface area contributed by atoms with E-state index >= 15 is 0 Å². The second-order valence-corrected chi connectivity index (χ2v) is 6.30. The van der Waals surface area contributed by atoms with Crippen LogP contribution in [0.25, 0.3) is 11.3 Å². The van der Waals surface area contributed by atoms with Gasteiger partial charge in [0.1, 0.15) is 0 Å². The molecule has 4 rings (SSSR count). The molecule has 0 aliphatic carbocycles. The molecule has 9 heteroatoms. The minimum Gasteiger partial charge on any atom is -0.355 e. The Balaban J connectivity index is 0.00000121. The van der Waals surface area contributed by atoms with Gasteiger partial charge < -0.3 is 14.7 Å². The SMILES string of the molecule is Cl.Cl.O=C(c1cc(-c2cccnc2)on1)N1CCC(N2CCNCC2)C1. The Morgan fingerprint density at radius 3 is 2.77 bits per heavy atom. The summed E-state index contributed by atoms with van der Waals surface area (Å²) >= 11 is 0. The number of pyridine rings is 1. The highest BCUT2D eigenvalue weighted by molar-refractivity contribution is 5.93. The molecule has 7 nitrogen and oxygen atoms in total. The van der Waals surface area contributed by atoms with Gasteiger partial charge in [0.05, 0.1) is 0 Å². The molecule has 2 fully saturated rings. The Labute approximate surface area is 164 Å². The third-order valence-electron chi connectivity index (χ3n) is 4.79. The third-order valence-corrected chi connectivity index (χ3v) is 4.79. The standard InChI is InChI=1S/C17H21N5O2.2ClH/c23-17(15-10-16(24-20-15)13-2-1-4-19-11-13)22-7-3-14(12-22)21-8-5-18-6-9-21;;/h1-2,4,10-11,14,18H,3,5-9,12H2;2*1H.